The van der Waals surface area contributed by atoms with E-state index in [9.17, 15) is 0 Å². The summed E-state index contributed by atoms with van der Waals surface area (Å²) in [6, 6.07) is 0. The lowest BCUT2D eigenvalue weighted by molar-refractivity contribution is 0.220. The maximum absolute atomic E-state index is 9.10. The van der Waals surface area contributed by atoms with Crippen LogP contribution >= 0.6 is 11.6 Å². The standard InChI is InChI=1S/C23H47ClO2/c1-2-3-4-5-6-7-8-9-10-11-12-13-14-15-16-17-18-23(24,19-21-25)20-22-26/h25-26H,2-22H2,1H3. The number of halogens is 1. The Labute approximate surface area is 169 Å². The van der Waals surface area contributed by atoms with Gasteiger partial charge in [-0.25, -0.2) is 0 Å². The molecule has 0 aliphatic carbocycles. The molecule has 0 aliphatic rings. The Hall–Kier alpha value is 0.210. The van der Waals surface area contributed by atoms with Crippen LogP contribution in [-0.2, 0) is 0 Å². The number of unbranched alkanes of at least 4 members (excludes halogenated alkanes) is 15. The SMILES string of the molecule is CCCCCCCCCCCCCCCCCCC(Cl)(CCO)CCO. The van der Waals surface area contributed by atoms with Gasteiger partial charge in [0.05, 0.1) is 0 Å². The summed E-state index contributed by atoms with van der Waals surface area (Å²) in [5.74, 6) is 0. The highest BCUT2D eigenvalue weighted by molar-refractivity contribution is 6.23. The van der Waals surface area contributed by atoms with E-state index in [-0.39, 0.29) is 18.1 Å². The molecule has 0 rings (SSSR count). The molecule has 0 atom stereocenters. The molecule has 0 bridgehead atoms. The van der Waals surface area contributed by atoms with Crippen LogP contribution in [0.3, 0.4) is 0 Å². The highest BCUT2D eigenvalue weighted by Crippen LogP contribution is 2.30. The molecule has 3 heteroatoms. The van der Waals surface area contributed by atoms with Crippen molar-refractivity contribution in [3.05, 3.63) is 0 Å². The van der Waals surface area contributed by atoms with Gasteiger partial charge in [-0.2, -0.15) is 0 Å². The van der Waals surface area contributed by atoms with Crippen molar-refractivity contribution in [1.29, 1.82) is 0 Å². The number of hydrogen-bond acceptors (Lipinski definition) is 2. The zero-order chi connectivity index (χ0) is 19.3. The molecule has 26 heavy (non-hydrogen) atoms. The van der Waals surface area contributed by atoms with Crippen LogP contribution in [0.15, 0.2) is 0 Å². The predicted octanol–water partition coefficient (Wildman–Crippen LogP) is 7.38. The van der Waals surface area contributed by atoms with Gasteiger partial charge >= 0.3 is 0 Å². The maximum Gasteiger partial charge on any atom is 0.0490 e. The first-order chi connectivity index (χ1) is 12.7. The summed E-state index contributed by atoms with van der Waals surface area (Å²) in [4.78, 5) is -0.389. The average molecular weight is 391 g/mol. The van der Waals surface area contributed by atoms with Gasteiger partial charge in [0, 0.05) is 18.1 Å². The van der Waals surface area contributed by atoms with Gasteiger partial charge in [-0.05, 0) is 19.3 Å². The molecular formula is C23H47ClO2. The van der Waals surface area contributed by atoms with E-state index >= 15 is 0 Å². The van der Waals surface area contributed by atoms with Crippen molar-refractivity contribution in [2.75, 3.05) is 13.2 Å². The zero-order valence-electron chi connectivity index (χ0n) is 17.6. The van der Waals surface area contributed by atoms with E-state index in [1.165, 1.54) is 96.3 Å². The van der Waals surface area contributed by atoms with Crippen molar-refractivity contribution in [1.82, 2.24) is 0 Å². The lowest BCUT2D eigenvalue weighted by Crippen LogP contribution is -2.24. The minimum Gasteiger partial charge on any atom is -0.396 e. The molecule has 0 heterocycles. The first-order valence-electron chi connectivity index (χ1n) is 11.6. The number of aliphatic hydroxyl groups is 2. The van der Waals surface area contributed by atoms with Crippen LogP contribution < -0.4 is 0 Å². The van der Waals surface area contributed by atoms with Gasteiger partial charge in [0.15, 0.2) is 0 Å². The fourth-order valence-corrected chi connectivity index (χ4v) is 4.07. The minimum atomic E-state index is -0.389. The highest BCUT2D eigenvalue weighted by Gasteiger charge is 2.25. The molecule has 0 aromatic rings. The van der Waals surface area contributed by atoms with Gasteiger partial charge in [0.2, 0.25) is 0 Å². The Morgan fingerprint density at radius 1 is 0.500 bits per heavy atom. The quantitative estimate of drug-likeness (QED) is 0.158. The van der Waals surface area contributed by atoms with Gasteiger partial charge in [-0.15, -0.1) is 11.6 Å². The van der Waals surface area contributed by atoms with Crippen LogP contribution in [0.25, 0.3) is 0 Å². The fraction of sp³-hybridized carbons (Fsp3) is 1.00. The summed E-state index contributed by atoms with van der Waals surface area (Å²) in [5, 5.41) is 18.2. The van der Waals surface area contributed by atoms with Crippen LogP contribution in [0, 0.1) is 0 Å². The summed E-state index contributed by atoms with van der Waals surface area (Å²) < 4.78 is 0. The van der Waals surface area contributed by atoms with Crippen molar-refractivity contribution < 1.29 is 10.2 Å². The van der Waals surface area contributed by atoms with Crippen molar-refractivity contribution in [2.45, 2.75) is 134 Å². The normalized spacial score (nSPS) is 12.0. The molecular weight excluding hydrogens is 344 g/mol. The molecule has 0 radical (unpaired) electrons. The first kappa shape index (κ1) is 26.2. The summed E-state index contributed by atoms with van der Waals surface area (Å²) in [5.41, 5.74) is 0. The predicted molar refractivity (Wildman–Crippen MR) is 116 cm³/mol. The van der Waals surface area contributed by atoms with Gasteiger partial charge in [-0.1, -0.05) is 110 Å². The lowest BCUT2D eigenvalue weighted by Gasteiger charge is -2.25. The van der Waals surface area contributed by atoms with Gasteiger partial charge in [-0.3, -0.25) is 0 Å². The topological polar surface area (TPSA) is 40.5 Å². The third-order valence-corrected chi connectivity index (χ3v) is 6.17. The van der Waals surface area contributed by atoms with E-state index in [0.29, 0.717) is 12.8 Å². The second-order valence-electron chi connectivity index (χ2n) is 8.15. The molecule has 0 saturated heterocycles. The van der Waals surface area contributed by atoms with E-state index in [2.05, 4.69) is 6.92 Å². The average Bonchev–Trinajstić information content (AvgIpc) is 2.62. The molecule has 2 nitrogen and oxygen atoms in total. The van der Waals surface area contributed by atoms with Crippen LogP contribution in [0.2, 0.25) is 0 Å². The number of rotatable bonds is 21. The Kier molecular flexibility index (Phi) is 20.1. The molecule has 0 fully saturated rings. The Morgan fingerprint density at radius 3 is 1.12 bits per heavy atom. The highest BCUT2D eigenvalue weighted by atomic mass is 35.5. The van der Waals surface area contributed by atoms with Crippen LogP contribution in [0.1, 0.15) is 129 Å². The minimum absolute atomic E-state index is 0.113. The zero-order valence-corrected chi connectivity index (χ0v) is 18.4. The summed E-state index contributed by atoms with van der Waals surface area (Å²) in [6.45, 7) is 2.51. The fourth-order valence-electron chi connectivity index (χ4n) is 3.77. The Morgan fingerprint density at radius 2 is 0.808 bits per heavy atom. The van der Waals surface area contributed by atoms with Crippen LogP contribution in [-0.4, -0.2) is 28.3 Å². The summed E-state index contributed by atoms with van der Waals surface area (Å²) >= 11 is 6.48. The van der Waals surface area contributed by atoms with E-state index in [1.54, 1.807) is 0 Å². The van der Waals surface area contributed by atoms with Crippen LogP contribution in [0.4, 0.5) is 0 Å². The lowest BCUT2D eigenvalue weighted by atomic mass is 9.93. The molecule has 0 unspecified atom stereocenters. The van der Waals surface area contributed by atoms with Crippen molar-refractivity contribution in [3.63, 3.8) is 0 Å². The molecule has 0 spiro atoms. The third-order valence-electron chi connectivity index (χ3n) is 5.60. The molecule has 0 aromatic heterocycles. The monoisotopic (exact) mass is 390 g/mol. The molecule has 0 aliphatic heterocycles. The van der Waals surface area contributed by atoms with Gasteiger partial charge < -0.3 is 10.2 Å². The van der Waals surface area contributed by atoms with Crippen molar-refractivity contribution in [3.8, 4) is 0 Å². The van der Waals surface area contributed by atoms with Gasteiger partial charge in [0.25, 0.3) is 0 Å². The summed E-state index contributed by atoms with van der Waals surface area (Å²) in [6.07, 6.45) is 24.1. The molecule has 0 aromatic carbocycles. The van der Waals surface area contributed by atoms with E-state index in [4.69, 9.17) is 21.8 Å². The van der Waals surface area contributed by atoms with Crippen molar-refractivity contribution >= 4 is 11.6 Å². The van der Waals surface area contributed by atoms with E-state index in [1.807, 2.05) is 0 Å². The number of aliphatic hydroxyl groups excluding tert-OH is 2. The van der Waals surface area contributed by atoms with Gasteiger partial charge in [0.1, 0.15) is 0 Å². The number of alkyl halides is 1. The molecule has 0 saturated carbocycles. The number of hydrogen-bond donors (Lipinski definition) is 2. The molecule has 2 N–H and O–H groups in total. The van der Waals surface area contributed by atoms with Crippen LogP contribution in [0.5, 0.6) is 0 Å². The third kappa shape index (κ3) is 17.6. The first-order valence-corrected chi connectivity index (χ1v) is 12.0. The van der Waals surface area contributed by atoms with E-state index in [0.717, 1.165) is 12.8 Å². The second kappa shape index (κ2) is 20.0. The summed E-state index contributed by atoms with van der Waals surface area (Å²) in [7, 11) is 0. The van der Waals surface area contributed by atoms with Crippen molar-refractivity contribution in [2.24, 2.45) is 0 Å². The Bertz CT molecular complexity index is 265. The smallest absolute Gasteiger partial charge is 0.0490 e. The Balaban J connectivity index is 3.26. The largest absolute Gasteiger partial charge is 0.396 e. The second-order valence-corrected chi connectivity index (χ2v) is 8.95. The maximum atomic E-state index is 9.10. The van der Waals surface area contributed by atoms with E-state index < -0.39 is 0 Å². The molecule has 0 amide bonds. The molecule has 158 valence electrons.